The summed E-state index contributed by atoms with van der Waals surface area (Å²) in [5.41, 5.74) is 14.2. The van der Waals surface area contributed by atoms with Crippen LogP contribution in [0.1, 0.15) is 31.8 Å². The molecule has 0 bridgehead atoms. The predicted octanol–water partition coefficient (Wildman–Crippen LogP) is -1.63. The minimum Gasteiger partial charge on any atom is -1.00 e. The van der Waals surface area contributed by atoms with Crippen LogP contribution in [0.3, 0.4) is 0 Å². The normalized spacial score (nSPS) is 12.2. The number of nitrogens with one attached hydrogen (secondary N) is 1. The second-order valence-electron chi connectivity index (χ2n) is 6.62. The number of hydrogen-bond acceptors (Lipinski definition) is 5. The van der Waals surface area contributed by atoms with E-state index in [0.29, 0.717) is 23.4 Å². The first kappa shape index (κ1) is 19.6. The van der Waals surface area contributed by atoms with Crippen molar-refractivity contribution in [3.63, 3.8) is 0 Å². The van der Waals surface area contributed by atoms with Gasteiger partial charge in [0.1, 0.15) is 18.9 Å². The van der Waals surface area contributed by atoms with Crippen molar-refractivity contribution in [2.45, 2.75) is 6.54 Å². The monoisotopic (exact) mass is 441 g/mol. The van der Waals surface area contributed by atoms with Crippen molar-refractivity contribution >= 4 is 28.6 Å². The van der Waals surface area contributed by atoms with Crippen molar-refractivity contribution in [3.8, 4) is 0 Å². The number of carbonyl (C=O) groups is 2. The molecule has 0 spiro atoms. The molecule has 7 nitrogen and oxygen atoms in total. The molecule has 0 amide bonds. The Bertz CT molecular complexity index is 1090. The average Bonchev–Trinajstić information content (AvgIpc) is 3.06. The molecule has 5 N–H and O–H groups in total. The number of benzene rings is 2. The first-order chi connectivity index (χ1) is 13.0. The Hall–Kier alpha value is -3.13. The van der Waals surface area contributed by atoms with Crippen LogP contribution >= 0.6 is 0 Å². The van der Waals surface area contributed by atoms with Gasteiger partial charge in [-0.2, -0.15) is 0 Å². The van der Waals surface area contributed by atoms with E-state index in [2.05, 4.69) is 5.32 Å². The summed E-state index contributed by atoms with van der Waals surface area (Å²) in [7, 11) is 1.95. The molecule has 0 aliphatic heterocycles. The summed E-state index contributed by atoms with van der Waals surface area (Å²) in [6.45, 7) is 1.32. The lowest BCUT2D eigenvalue weighted by atomic mass is 9.81. The molecule has 0 radical (unpaired) electrons. The molecule has 0 fully saturated rings. The minimum absolute atomic E-state index is 0. The number of aryl methyl sites for hydroxylation is 1. The van der Waals surface area contributed by atoms with Crippen LogP contribution in [-0.2, 0) is 13.6 Å². The molecule has 0 atom stereocenters. The Morgan fingerprint density at radius 3 is 2.32 bits per heavy atom. The molecule has 1 aliphatic rings. The Labute approximate surface area is 172 Å². The number of rotatable bonds is 4. The third-order valence-electron chi connectivity index (χ3n) is 4.77. The molecule has 2 aromatic carbocycles. The van der Waals surface area contributed by atoms with Gasteiger partial charge in [0, 0.05) is 22.6 Å². The largest absolute Gasteiger partial charge is 1.00 e. The molecule has 1 heterocycles. The Balaban J connectivity index is 0.00000225. The highest BCUT2D eigenvalue weighted by Crippen LogP contribution is 2.36. The molecule has 1 aromatic heterocycles. The zero-order chi connectivity index (χ0) is 19.1. The van der Waals surface area contributed by atoms with E-state index in [4.69, 9.17) is 11.5 Å². The van der Waals surface area contributed by atoms with E-state index in [1.807, 2.05) is 34.9 Å². The van der Waals surface area contributed by atoms with Crippen LogP contribution in [0, 0.1) is 0 Å². The summed E-state index contributed by atoms with van der Waals surface area (Å²) >= 11 is 0. The number of halogens is 1. The van der Waals surface area contributed by atoms with E-state index < -0.39 is 0 Å². The second kappa shape index (κ2) is 7.47. The van der Waals surface area contributed by atoms with Gasteiger partial charge >= 0.3 is 0 Å². The van der Waals surface area contributed by atoms with Gasteiger partial charge in [0.25, 0.3) is 0 Å². The summed E-state index contributed by atoms with van der Waals surface area (Å²) in [5.74, 6) is -0.551. The highest BCUT2D eigenvalue weighted by atomic mass is 79.9. The van der Waals surface area contributed by atoms with Gasteiger partial charge in [0.15, 0.2) is 11.6 Å². The number of nitrogens with two attached hydrogens (primary N) is 2. The molecule has 0 saturated heterocycles. The first-order valence-electron chi connectivity index (χ1n) is 8.62. The van der Waals surface area contributed by atoms with Crippen LogP contribution < -0.4 is 38.3 Å². The van der Waals surface area contributed by atoms with E-state index in [9.17, 15) is 9.59 Å². The van der Waals surface area contributed by atoms with Crippen molar-refractivity contribution in [1.82, 2.24) is 4.57 Å². The molecule has 144 valence electrons. The van der Waals surface area contributed by atoms with E-state index in [0.717, 1.165) is 6.54 Å². The molecular weight excluding hydrogens is 422 g/mol. The van der Waals surface area contributed by atoms with Crippen LogP contribution in [0.5, 0.6) is 0 Å². The van der Waals surface area contributed by atoms with Gasteiger partial charge in [0.2, 0.25) is 6.33 Å². The third-order valence-corrected chi connectivity index (χ3v) is 4.77. The number of ketones is 2. The fourth-order valence-electron chi connectivity index (χ4n) is 3.47. The number of fused-ring (bicyclic) bond motifs is 2. The summed E-state index contributed by atoms with van der Waals surface area (Å²) in [6, 6.07) is 8.33. The topological polar surface area (TPSA) is 107 Å². The molecule has 8 heteroatoms. The van der Waals surface area contributed by atoms with Crippen molar-refractivity contribution < 1.29 is 31.1 Å². The predicted molar refractivity (Wildman–Crippen MR) is 103 cm³/mol. The smallest absolute Gasteiger partial charge is 0.243 e. The van der Waals surface area contributed by atoms with Crippen LogP contribution in [0.15, 0.2) is 49.1 Å². The lowest BCUT2D eigenvalue weighted by molar-refractivity contribution is -0.693. The summed E-state index contributed by atoms with van der Waals surface area (Å²) in [6.07, 6.45) is 5.89. The van der Waals surface area contributed by atoms with Gasteiger partial charge in [-0.3, -0.25) is 9.59 Å². The molecule has 0 saturated carbocycles. The van der Waals surface area contributed by atoms with Gasteiger partial charge < -0.3 is 33.8 Å². The molecule has 3 aromatic rings. The van der Waals surface area contributed by atoms with Gasteiger partial charge in [-0.05, 0) is 18.2 Å². The van der Waals surface area contributed by atoms with Crippen molar-refractivity contribution in [1.29, 1.82) is 0 Å². The van der Waals surface area contributed by atoms with Crippen LogP contribution in [0.25, 0.3) is 0 Å². The average molecular weight is 442 g/mol. The van der Waals surface area contributed by atoms with Crippen molar-refractivity contribution in [2.75, 3.05) is 23.3 Å². The number of imidazole rings is 1. The number of hydrogen-bond donors (Lipinski definition) is 3. The van der Waals surface area contributed by atoms with E-state index in [-0.39, 0.29) is 51.0 Å². The van der Waals surface area contributed by atoms with Gasteiger partial charge in [-0.25, -0.2) is 9.13 Å². The van der Waals surface area contributed by atoms with Gasteiger partial charge in [-0.15, -0.1) is 0 Å². The molecule has 1 aliphatic carbocycles. The fourth-order valence-corrected chi connectivity index (χ4v) is 3.47. The molecule has 28 heavy (non-hydrogen) atoms. The summed E-state index contributed by atoms with van der Waals surface area (Å²) in [4.78, 5) is 26.1. The van der Waals surface area contributed by atoms with Crippen LogP contribution in [0.4, 0.5) is 17.1 Å². The highest BCUT2D eigenvalue weighted by molar-refractivity contribution is 6.33. The highest BCUT2D eigenvalue weighted by Gasteiger charge is 2.34. The summed E-state index contributed by atoms with van der Waals surface area (Å²) < 4.78 is 3.99. The quantitative estimate of drug-likeness (QED) is 0.260. The van der Waals surface area contributed by atoms with E-state index in [1.54, 1.807) is 30.3 Å². The number of nitrogen functional groups attached to an aromatic ring is 2. The number of carbonyl (C=O) groups excluding carboxylic acids is 2. The fraction of sp³-hybridized carbons (Fsp3) is 0.150. The van der Waals surface area contributed by atoms with E-state index in [1.165, 1.54) is 0 Å². The maximum atomic E-state index is 13.1. The number of nitrogens with zero attached hydrogens (tertiary/aromatic N) is 2. The Kier molecular flexibility index (Phi) is 5.24. The van der Waals surface area contributed by atoms with Gasteiger partial charge in [0.05, 0.1) is 30.3 Å². The van der Waals surface area contributed by atoms with Crippen molar-refractivity contribution in [2.24, 2.45) is 7.05 Å². The third kappa shape index (κ3) is 3.16. The lowest BCUT2D eigenvalue weighted by Gasteiger charge is -2.22. The van der Waals surface area contributed by atoms with Gasteiger partial charge in [-0.1, -0.05) is 12.1 Å². The molecule has 4 rings (SSSR count). The SMILES string of the molecule is Cn1cc[n+](CCNc2cccc3c2C(=O)c2c(N)ccc(N)c2C3=O)c1.[Br-]. The Morgan fingerprint density at radius 2 is 1.68 bits per heavy atom. The Morgan fingerprint density at radius 1 is 1.00 bits per heavy atom. The minimum atomic E-state index is -0.278. The maximum absolute atomic E-state index is 13.1. The van der Waals surface area contributed by atoms with E-state index >= 15 is 0 Å². The molecular formula is C20H20BrN5O2. The zero-order valence-electron chi connectivity index (χ0n) is 15.3. The first-order valence-corrected chi connectivity index (χ1v) is 8.62. The van der Waals surface area contributed by atoms with Crippen LogP contribution in [-0.4, -0.2) is 22.7 Å². The lowest BCUT2D eigenvalue weighted by Crippen LogP contribution is -3.00. The second-order valence-corrected chi connectivity index (χ2v) is 6.62. The van der Waals surface area contributed by atoms with Crippen LogP contribution in [0.2, 0.25) is 0 Å². The summed E-state index contributed by atoms with van der Waals surface area (Å²) in [5, 5.41) is 3.27. The number of aromatic nitrogens is 2. The zero-order valence-corrected chi connectivity index (χ0v) is 16.9. The number of anilines is 3. The molecule has 0 unspecified atom stereocenters. The standard InChI is InChI=1S/C20H19N5O2.BrH/c1-24-9-10-25(11-24)8-7-23-15-4-2-3-12-16(15)20(27)18-14(22)6-5-13(21)17(18)19(12)26;/h2-6,9-11H,7-8H2,1H3,(H4-,21,22,23,26,27);1H. The maximum Gasteiger partial charge on any atom is 0.243 e. The van der Waals surface area contributed by atoms with Crippen molar-refractivity contribution in [3.05, 3.63) is 71.3 Å².